The van der Waals surface area contributed by atoms with Gasteiger partial charge in [0.25, 0.3) is 0 Å². The molecule has 0 saturated carbocycles. The molecule has 0 fully saturated rings. The minimum atomic E-state index is 0.157. The quantitative estimate of drug-likeness (QED) is 0.896. The van der Waals surface area contributed by atoms with Gasteiger partial charge in [0.15, 0.2) is 0 Å². The molecule has 0 unspecified atom stereocenters. The summed E-state index contributed by atoms with van der Waals surface area (Å²) in [6.07, 6.45) is 2.98. The first-order valence-corrected chi connectivity index (χ1v) is 7.38. The Hall–Kier alpha value is -1.41. The van der Waals surface area contributed by atoms with Crippen LogP contribution in [0.1, 0.15) is 46.6 Å². The van der Waals surface area contributed by atoms with E-state index < -0.39 is 0 Å². The molecule has 0 atom stereocenters. The topological polar surface area (TPSA) is 24.9 Å². The Morgan fingerprint density at radius 1 is 1.05 bits per heavy atom. The number of fused-ring (bicyclic) bond motifs is 1. The second-order valence-corrected chi connectivity index (χ2v) is 7.22. The Labute approximate surface area is 122 Å². The van der Waals surface area contributed by atoms with Crippen molar-refractivity contribution in [3.63, 3.8) is 0 Å². The van der Waals surface area contributed by atoms with Crippen molar-refractivity contribution in [2.24, 2.45) is 0 Å². The number of aromatic nitrogens is 1. The fourth-order valence-corrected chi connectivity index (χ4v) is 2.38. The Morgan fingerprint density at radius 2 is 1.80 bits per heavy atom. The van der Waals surface area contributed by atoms with Gasteiger partial charge < -0.3 is 5.32 Å². The highest BCUT2D eigenvalue weighted by atomic mass is 14.9. The molecule has 1 heterocycles. The molecule has 2 rings (SSSR count). The molecule has 0 saturated heterocycles. The fraction of sp³-hybridized carbons (Fsp3) is 0.500. The second kappa shape index (κ2) is 5.53. The lowest BCUT2D eigenvalue weighted by Crippen LogP contribution is -2.38. The van der Waals surface area contributed by atoms with Gasteiger partial charge in [0.05, 0.1) is 5.52 Å². The van der Waals surface area contributed by atoms with E-state index in [-0.39, 0.29) is 11.0 Å². The summed E-state index contributed by atoms with van der Waals surface area (Å²) >= 11 is 0. The first kappa shape index (κ1) is 15.0. The predicted octanol–water partition coefficient (Wildman–Crippen LogP) is 4.29. The maximum Gasteiger partial charge on any atom is 0.0704 e. The summed E-state index contributed by atoms with van der Waals surface area (Å²) in [5.74, 6) is 0. The average molecular weight is 270 g/mol. The molecule has 1 aromatic heterocycles. The van der Waals surface area contributed by atoms with Gasteiger partial charge in [0.1, 0.15) is 0 Å². The van der Waals surface area contributed by atoms with E-state index >= 15 is 0 Å². The summed E-state index contributed by atoms with van der Waals surface area (Å²) in [7, 11) is 0. The molecule has 1 N–H and O–H groups in total. The number of pyridine rings is 1. The fourth-order valence-electron chi connectivity index (χ4n) is 2.38. The van der Waals surface area contributed by atoms with Crippen molar-refractivity contribution in [2.45, 2.75) is 52.0 Å². The van der Waals surface area contributed by atoms with Gasteiger partial charge in [-0.15, -0.1) is 0 Å². The van der Waals surface area contributed by atoms with Crippen LogP contribution in [0.4, 0.5) is 0 Å². The molecule has 2 nitrogen and oxygen atoms in total. The number of rotatable bonds is 4. The molecule has 0 amide bonds. The van der Waals surface area contributed by atoms with Crippen LogP contribution in [0, 0.1) is 0 Å². The van der Waals surface area contributed by atoms with Crippen LogP contribution in [0.15, 0.2) is 36.5 Å². The summed E-state index contributed by atoms with van der Waals surface area (Å²) < 4.78 is 0. The third-order valence-corrected chi connectivity index (χ3v) is 3.79. The standard InChI is InChI=1S/C18H26N2/c1-17(2,3)20-12-10-18(4,5)15-9-8-14-7-6-11-19-16(14)13-15/h6-9,11,13,20H,10,12H2,1-5H3. The molecule has 2 aromatic rings. The molecule has 2 heteroatoms. The third-order valence-electron chi connectivity index (χ3n) is 3.79. The SMILES string of the molecule is CC(C)(C)NCCC(C)(C)c1ccc2cccnc2c1. The highest BCUT2D eigenvalue weighted by Gasteiger charge is 2.21. The monoisotopic (exact) mass is 270 g/mol. The van der Waals surface area contributed by atoms with Crippen LogP contribution in [-0.2, 0) is 5.41 Å². The minimum absolute atomic E-state index is 0.157. The zero-order chi connectivity index (χ0) is 14.8. The average Bonchev–Trinajstić information content (AvgIpc) is 2.36. The number of hydrogen-bond donors (Lipinski definition) is 1. The van der Waals surface area contributed by atoms with Crippen LogP contribution in [0.5, 0.6) is 0 Å². The van der Waals surface area contributed by atoms with Gasteiger partial charge in [-0.25, -0.2) is 0 Å². The van der Waals surface area contributed by atoms with Crippen LogP contribution in [0.3, 0.4) is 0 Å². The Kier molecular flexibility index (Phi) is 4.14. The molecule has 0 aliphatic rings. The Balaban J connectivity index is 2.14. The van der Waals surface area contributed by atoms with Crippen molar-refractivity contribution < 1.29 is 0 Å². The lowest BCUT2D eigenvalue weighted by atomic mass is 9.81. The van der Waals surface area contributed by atoms with Crippen molar-refractivity contribution in [1.29, 1.82) is 0 Å². The number of hydrogen-bond acceptors (Lipinski definition) is 2. The van der Waals surface area contributed by atoms with E-state index in [2.05, 4.69) is 69.2 Å². The summed E-state index contributed by atoms with van der Waals surface area (Å²) in [4.78, 5) is 4.46. The molecule has 0 spiro atoms. The van der Waals surface area contributed by atoms with Crippen LogP contribution >= 0.6 is 0 Å². The highest BCUT2D eigenvalue weighted by molar-refractivity contribution is 5.79. The smallest absolute Gasteiger partial charge is 0.0704 e. The summed E-state index contributed by atoms with van der Waals surface area (Å²) in [5, 5.41) is 4.78. The first-order chi connectivity index (χ1) is 9.28. The second-order valence-electron chi connectivity index (χ2n) is 7.22. The molecule has 0 radical (unpaired) electrons. The highest BCUT2D eigenvalue weighted by Crippen LogP contribution is 2.28. The van der Waals surface area contributed by atoms with Gasteiger partial charge in [-0.3, -0.25) is 4.98 Å². The molecule has 108 valence electrons. The first-order valence-electron chi connectivity index (χ1n) is 7.38. The number of nitrogens with zero attached hydrogens (tertiary/aromatic N) is 1. The lowest BCUT2D eigenvalue weighted by Gasteiger charge is -2.28. The van der Waals surface area contributed by atoms with Crippen molar-refractivity contribution in [3.8, 4) is 0 Å². The summed E-state index contributed by atoms with van der Waals surface area (Å²) in [6, 6.07) is 10.7. The number of benzene rings is 1. The maximum absolute atomic E-state index is 4.46. The molecule has 0 bridgehead atoms. The Morgan fingerprint density at radius 3 is 2.50 bits per heavy atom. The van der Waals surface area contributed by atoms with Gasteiger partial charge in [-0.2, -0.15) is 0 Å². The van der Waals surface area contributed by atoms with E-state index in [1.54, 1.807) is 0 Å². The largest absolute Gasteiger partial charge is 0.312 e. The molecule has 20 heavy (non-hydrogen) atoms. The van der Waals surface area contributed by atoms with Crippen molar-refractivity contribution in [3.05, 3.63) is 42.1 Å². The van der Waals surface area contributed by atoms with Gasteiger partial charge >= 0.3 is 0 Å². The van der Waals surface area contributed by atoms with E-state index in [0.29, 0.717) is 0 Å². The van der Waals surface area contributed by atoms with Crippen molar-refractivity contribution in [1.82, 2.24) is 10.3 Å². The molecular formula is C18H26N2. The van der Waals surface area contributed by atoms with E-state index in [9.17, 15) is 0 Å². The van der Waals surface area contributed by atoms with Gasteiger partial charge in [0.2, 0.25) is 0 Å². The van der Waals surface area contributed by atoms with Crippen LogP contribution < -0.4 is 5.32 Å². The molecule has 0 aliphatic carbocycles. The van der Waals surface area contributed by atoms with Crippen molar-refractivity contribution >= 4 is 10.9 Å². The van der Waals surface area contributed by atoms with E-state index in [1.807, 2.05) is 12.3 Å². The summed E-state index contributed by atoms with van der Waals surface area (Å²) in [5.41, 5.74) is 2.78. The van der Waals surface area contributed by atoms with Gasteiger partial charge in [-0.1, -0.05) is 32.0 Å². The van der Waals surface area contributed by atoms with Gasteiger partial charge in [-0.05, 0) is 56.8 Å². The van der Waals surface area contributed by atoms with E-state index in [4.69, 9.17) is 0 Å². The predicted molar refractivity (Wildman–Crippen MR) is 87.1 cm³/mol. The van der Waals surface area contributed by atoms with Crippen LogP contribution in [0.2, 0.25) is 0 Å². The summed E-state index contributed by atoms with van der Waals surface area (Å²) in [6.45, 7) is 12.3. The van der Waals surface area contributed by atoms with Crippen molar-refractivity contribution in [2.75, 3.05) is 6.54 Å². The Bertz CT molecular complexity index is 579. The third kappa shape index (κ3) is 3.80. The molecular weight excluding hydrogens is 244 g/mol. The molecule has 0 aliphatic heterocycles. The van der Waals surface area contributed by atoms with E-state index in [1.165, 1.54) is 10.9 Å². The van der Waals surface area contributed by atoms with Gasteiger partial charge in [0, 0.05) is 17.1 Å². The molecule has 1 aromatic carbocycles. The minimum Gasteiger partial charge on any atom is -0.312 e. The normalized spacial score (nSPS) is 12.8. The van der Waals surface area contributed by atoms with E-state index in [0.717, 1.165) is 18.5 Å². The zero-order valence-corrected chi connectivity index (χ0v) is 13.3. The van der Waals surface area contributed by atoms with Crippen LogP contribution in [-0.4, -0.2) is 17.1 Å². The van der Waals surface area contributed by atoms with Crippen LogP contribution in [0.25, 0.3) is 10.9 Å². The zero-order valence-electron chi connectivity index (χ0n) is 13.3. The maximum atomic E-state index is 4.46. The number of nitrogens with one attached hydrogen (secondary N) is 1. The lowest BCUT2D eigenvalue weighted by molar-refractivity contribution is 0.379.